The lowest BCUT2D eigenvalue weighted by Gasteiger charge is -2.14. The van der Waals surface area contributed by atoms with Crippen LogP contribution >= 0.6 is 12.2 Å². The summed E-state index contributed by atoms with van der Waals surface area (Å²) < 4.78 is 0. The molecular weight excluding hydrogens is 232 g/mol. The molecule has 1 rings (SSSR count). The Kier molecular flexibility index (Phi) is 4.75. The maximum atomic E-state index is 9.85. The van der Waals surface area contributed by atoms with Crippen LogP contribution in [0, 0.1) is 0 Å². The second kappa shape index (κ2) is 5.87. The molecular formula is C13H20N2OS. The van der Waals surface area contributed by atoms with E-state index in [1.54, 1.807) is 6.07 Å². The van der Waals surface area contributed by atoms with Gasteiger partial charge in [0.2, 0.25) is 0 Å². The van der Waals surface area contributed by atoms with Crippen molar-refractivity contribution in [3.63, 3.8) is 0 Å². The van der Waals surface area contributed by atoms with Crippen LogP contribution in [0.5, 0.6) is 5.75 Å². The smallest absolute Gasteiger partial charge is 0.170 e. The van der Waals surface area contributed by atoms with Gasteiger partial charge in [-0.2, -0.15) is 0 Å². The van der Waals surface area contributed by atoms with Crippen molar-refractivity contribution in [3.05, 3.63) is 23.8 Å². The Balaban J connectivity index is 2.74. The summed E-state index contributed by atoms with van der Waals surface area (Å²) in [5.41, 5.74) is 1.74. The van der Waals surface area contributed by atoms with E-state index in [9.17, 15) is 5.11 Å². The van der Waals surface area contributed by atoms with Crippen LogP contribution in [-0.4, -0.2) is 16.3 Å². The molecule has 0 aliphatic heterocycles. The second-order valence-corrected chi connectivity index (χ2v) is 5.09. The van der Waals surface area contributed by atoms with E-state index in [1.807, 2.05) is 39.8 Å². The van der Waals surface area contributed by atoms with Crippen LogP contribution in [-0.2, 0) is 0 Å². The summed E-state index contributed by atoms with van der Waals surface area (Å²) in [4.78, 5) is 0. The number of phenols is 1. The first kappa shape index (κ1) is 13.8. The monoisotopic (exact) mass is 252 g/mol. The normalized spacial score (nSPS) is 10.7. The van der Waals surface area contributed by atoms with E-state index in [1.165, 1.54) is 0 Å². The van der Waals surface area contributed by atoms with E-state index in [-0.39, 0.29) is 0 Å². The van der Waals surface area contributed by atoms with Gasteiger partial charge in [-0.1, -0.05) is 19.9 Å². The van der Waals surface area contributed by atoms with E-state index < -0.39 is 0 Å². The Morgan fingerprint density at radius 2 is 1.88 bits per heavy atom. The van der Waals surface area contributed by atoms with Crippen LogP contribution in [0.25, 0.3) is 0 Å². The van der Waals surface area contributed by atoms with Crippen LogP contribution in [0.15, 0.2) is 18.2 Å². The van der Waals surface area contributed by atoms with E-state index in [2.05, 4.69) is 10.6 Å². The van der Waals surface area contributed by atoms with Crippen LogP contribution in [0.2, 0.25) is 0 Å². The van der Waals surface area contributed by atoms with Gasteiger partial charge in [-0.15, -0.1) is 0 Å². The molecule has 17 heavy (non-hydrogen) atoms. The number of benzene rings is 1. The van der Waals surface area contributed by atoms with Crippen molar-refractivity contribution in [2.75, 3.05) is 5.32 Å². The average molecular weight is 252 g/mol. The highest BCUT2D eigenvalue weighted by Gasteiger charge is 2.07. The van der Waals surface area contributed by atoms with Gasteiger partial charge in [0.05, 0.1) is 0 Å². The second-order valence-electron chi connectivity index (χ2n) is 4.68. The van der Waals surface area contributed by atoms with E-state index in [0.717, 1.165) is 11.3 Å². The number of nitrogens with one attached hydrogen (secondary N) is 2. The fourth-order valence-electron chi connectivity index (χ4n) is 1.54. The van der Waals surface area contributed by atoms with Gasteiger partial charge < -0.3 is 15.7 Å². The van der Waals surface area contributed by atoms with E-state index in [4.69, 9.17) is 12.2 Å². The number of anilines is 1. The first-order valence-corrected chi connectivity index (χ1v) is 6.21. The van der Waals surface area contributed by atoms with Crippen molar-refractivity contribution in [2.24, 2.45) is 0 Å². The minimum atomic E-state index is 0.290. The number of thiocarbonyl (C=S) groups is 1. The molecule has 3 N–H and O–H groups in total. The Morgan fingerprint density at radius 3 is 2.35 bits per heavy atom. The fourth-order valence-corrected chi connectivity index (χ4v) is 1.89. The van der Waals surface area contributed by atoms with Gasteiger partial charge in [0.1, 0.15) is 5.75 Å². The molecule has 0 atom stereocenters. The van der Waals surface area contributed by atoms with Crippen LogP contribution in [0.4, 0.5) is 5.69 Å². The standard InChI is InChI=1S/C13H20N2OS/c1-8(2)11-6-5-10(7-12(11)16)15-13(17)14-9(3)4/h5-9,16H,1-4H3,(H2,14,15,17). The number of phenolic OH excluding ortho intramolecular Hbond substituents is 1. The third-order valence-corrected chi connectivity index (χ3v) is 2.55. The lowest BCUT2D eigenvalue weighted by molar-refractivity contribution is 0.465. The van der Waals surface area contributed by atoms with Crippen molar-refractivity contribution in [1.29, 1.82) is 0 Å². The third-order valence-electron chi connectivity index (χ3n) is 2.33. The van der Waals surface area contributed by atoms with Gasteiger partial charge in [0.15, 0.2) is 5.11 Å². The first-order valence-electron chi connectivity index (χ1n) is 5.80. The molecule has 0 bridgehead atoms. The molecule has 1 aromatic carbocycles. The SMILES string of the molecule is CC(C)NC(=S)Nc1ccc(C(C)C)c(O)c1. The molecule has 3 nitrogen and oxygen atoms in total. The molecule has 0 spiro atoms. The highest BCUT2D eigenvalue weighted by Crippen LogP contribution is 2.28. The predicted octanol–water partition coefficient (Wildman–Crippen LogP) is 3.21. The number of aromatic hydroxyl groups is 1. The van der Waals surface area contributed by atoms with Crippen molar-refractivity contribution in [2.45, 2.75) is 39.7 Å². The van der Waals surface area contributed by atoms with Crippen LogP contribution in [0.1, 0.15) is 39.2 Å². The van der Waals surface area contributed by atoms with Gasteiger partial charge >= 0.3 is 0 Å². The molecule has 0 saturated heterocycles. The first-order chi connectivity index (χ1) is 7.90. The zero-order valence-electron chi connectivity index (χ0n) is 10.7. The predicted molar refractivity (Wildman–Crippen MR) is 76.7 cm³/mol. The summed E-state index contributed by atoms with van der Waals surface area (Å²) in [5, 5.41) is 16.5. The molecule has 0 fully saturated rings. The molecule has 0 amide bonds. The number of rotatable bonds is 3. The summed E-state index contributed by atoms with van der Waals surface area (Å²) in [6.45, 7) is 8.14. The Morgan fingerprint density at radius 1 is 1.24 bits per heavy atom. The molecule has 0 radical (unpaired) electrons. The summed E-state index contributed by atoms with van der Waals surface area (Å²) >= 11 is 5.14. The minimum Gasteiger partial charge on any atom is -0.508 e. The van der Waals surface area contributed by atoms with E-state index >= 15 is 0 Å². The van der Waals surface area contributed by atoms with Gasteiger partial charge in [-0.3, -0.25) is 0 Å². The van der Waals surface area contributed by atoms with Gasteiger partial charge in [0.25, 0.3) is 0 Å². The molecule has 0 heterocycles. The Bertz CT molecular complexity index is 402. The minimum absolute atomic E-state index is 0.290. The quantitative estimate of drug-likeness (QED) is 0.723. The third kappa shape index (κ3) is 4.23. The summed E-state index contributed by atoms with van der Waals surface area (Å²) in [5.74, 6) is 0.613. The van der Waals surface area contributed by atoms with Gasteiger partial charge in [-0.05, 0) is 43.6 Å². The van der Waals surface area contributed by atoms with Crippen molar-refractivity contribution in [1.82, 2.24) is 5.32 Å². The topological polar surface area (TPSA) is 44.3 Å². The summed E-state index contributed by atoms with van der Waals surface area (Å²) in [6.07, 6.45) is 0. The largest absolute Gasteiger partial charge is 0.508 e. The summed E-state index contributed by atoms with van der Waals surface area (Å²) in [7, 11) is 0. The van der Waals surface area contributed by atoms with Crippen molar-refractivity contribution in [3.8, 4) is 5.75 Å². The van der Waals surface area contributed by atoms with Crippen LogP contribution in [0.3, 0.4) is 0 Å². The van der Waals surface area contributed by atoms with Gasteiger partial charge in [-0.25, -0.2) is 0 Å². The molecule has 1 aromatic rings. The van der Waals surface area contributed by atoms with Crippen molar-refractivity contribution < 1.29 is 5.11 Å². The number of hydrogen-bond acceptors (Lipinski definition) is 2. The zero-order chi connectivity index (χ0) is 13.0. The average Bonchev–Trinajstić information content (AvgIpc) is 2.15. The van der Waals surface area contributed by atoms with Gasteiger partial charge in [0, 0.05) is 17.8 Å². The molecule has 4 heteroatoms. The maximum absolute atomic E-state index is 9.85. The van der Waals surface area contributed by atoms with Crippen molar-refractivity contribution >= 4 is 23.0 Å². The maximum Gasteiger partial charge on any atom is 0.170 e. The molecule has 0 aliphatic rings. The zero-order valence-corrected chi connectivity index (χ0v) is 11.6. The number of hydrogen-bond donors (Lipinski definition) is 3. The molecule has 0 saturated carbocycles. The van der Waals surface area contributed by atoms with E-state index in [0.29, 0.717) is 22.8 Å². The molecule has 0 aromatic heterocycles. The summed E-state index contributed by atoms with van der Waals surface area (Å²) in [6, 6.07) is 5.83. The Hall–Kier alpha value is -1.29. The lowest BCUT2D eigenvalue weighted by atomic mass is 10.0. The lowest BCUT2D eigenvalue weighted by Crippen LogP contribution is -2.33. The Labute approximate surface area is 108 Å². The fraction of sp³-hybridized carbons (Fsp3) is 0.462. The highest BCUT2D eigenvalue weighted by molar-refractivity contribution is 7.80. The molecule has 0 unspecified atom stereocenters. The van der Waals surface area contributed by atoms with Crippen LogP contribution < -0.4 is 10.6 Å². The molecule has 94 valence electrons. The highest BCUT2D eigenvalue weighted by atomic mass is 32.1. The molecule has 0 aliphatic carbocycles.